The molecule has 2 N–H and O–H groups in total. The summed E-state index contributed by atoms with van der Waals surface area (Å²) in [6, 6.07) is 7.17. The van der Waals surface area contributed by atoms with Gasteiger partial charge in [0.1, 0.15) is 5.60 Å². The van der Waals surface area contributed by atoms with Crippen molar-refractivity contribution in [2.24, 2.45) is 0 Å². The highest BCUT2D eigenvalue weighted by Crippen LogP contribution is 2.43. The largest absolute Gasteiger partial charge is 0.447 e. The van der Waals surface area contributed by atoms with Crippen LogP contribution in [0.1, 0.15) is 110 Å². The summed E-state index contributed by atoms with van der Waals surface area (Å²) in [7, 11) is -3.67. The number of benzene rings is 1. The Hall–Kier alpha value is -3.45. The molecular weight excluding hydrogens is 627 g/mol. The van der Waals surface area contributed by atoms with Crippen LogP contribution in [0.5, 0.6) is 0 Å². The van der Waals surface area contributed by atoms with Crippen molar-refractivity contribution in [3.63, 3.8) is 0 Å². The molecule has 2 aliphatic rings. The van der Waals surface area contributed by atoms with Crippen LogP contribution in [0.4, 0.5) is 21.1 Å². The maximum Gasteiger partial charge on any atom is 0.435 e. The van der Waals surface area contributed by atoms with Crippen LogP contribution in [0.3, 0.4) is 0 Å². The number of rotatable bonds is 9. The molecule has 250 valence electrons. The molecular formula is C33H45N5O6S2. The van der Waals surface area contributed by atoms with Crippen LogP contribution in [0.2, 0.25) is 0 Å². The number of aromatic nitrogens is 3. The lowest BCUT2D eigenvalue weighted by molar-refractivity contribution is 0.0509. The van der Waals surface area contributed by atoms with Gasteiger partial charge in [-0.1, -0.05) is 6.07 Å². The van der Waals surface area contributed by atoms with Crippen molar-refractivity contribution in [3.05, 3.63) is 41.2 Å². The fourth-order valence-corrected chi connectivity index (χ4v) is 7.99. The van der Waals surface area contributed by atoms with Crippen LogP contribution in [-0.4, -0.2) is 58.4 Å². The van der Waals surface area contributed by atoms with Crippen molar-refractivity contribution in [3.8, 4) is 10.4 Å². The van der Waals surface area contributed by atoms with E-state index in [2.05, 4.69) is 15.7 Å². The van der Waals surface area contributed by atoms with Crippen molar-refractivity contribution >= 4 is 44.9 Å². The summed E-state index contributed by atoms with van der Waals surface area (Å²) >= 11 is 1.52. The molecule has 3 aromatic rings. The van der Waals surface area contributed by atoms with Crippen molar-refractivity contribution in [1.82, 2.24) is 20.1 Å². The lowest BCUT2D eigenvalue weighted by atomic mass is 9.86. The monoisotopic (exact) mass is 671 g/mol. The van der Waals surface area contributed by atoms with E-state index in [1.165, 1.54) is 16.0 Å². The molecule has 2 aliphatic carbocycles. The number of sulfone groups is 1. The van der Waals surface area contributed by atoms with Gasteiger partial charge >= 0.3 is 12.2 Å². The average Bonchev–Trinajstić information content (AvgIpc) is 3.53. The lowest BCUT2D eigenvalue weighted by Gasteiger charge is -2.28. The minimum absolute atomic E-state index is 0.0700. The Morgan fingerprint density at radius 2 is 1.67 bits per heavy atom. The predicted molar refractivity (Wildman–Crippen MR) is 179 cm³/mol. The number of nitrogens with zero attached hydrogens (tertiary/aromatic N) is 3. The Kier molecular flexibility index (Phi) is 9.84. The Balaban J connectivity index is 1.36. The number of alkyl carbamates (subject to hydrolysis) is 1. The Morgan fingerprint density at radius 1 is 1.00 bits per heavy atom. The molecule has 2 aromatic heterocycles. The minimum atomic E-state index is -3.67. The summed E-state index contributed by atoms with van der Waals surface area (Å²) < 4.78 is 39.4. The minimum Gasteiger partial charge on any atom is -0.447 e. The first-order valence-electron chi connectivity index (χ1n) is 16.0. The third kappa shape index (κ3) is 8.09. The molecule has 0 atom stereocenters. The van der Waals surface area contributed by atoms with Crippen LogP contribution in [0, 0.1) is 0 Å². The van der Waals surface area contributed by atoms with E-state index >= 15 is 0 Å². The Bertz CT molecular complexity index is 1680. The summed E-state index contributed by atoms with van der Waals surface area (Å²) in [6.45, 7) is 12.4. The number of hydrogen-bond donors (Lipinski definition) is 2. The summed E-state index contributed by atoms with van der Waals surface area (Å²) in [5.41, 5.74) is 1.27. The van der Waals surface area contributed by atoms with E-state index in [0.29, 0.717) is 17.1 Å². The number of carbonyl (C=O) groups excluding carboxylic acids is 2. The molecule has 0 unspecified atom stereocenters. The first-order chi connectivity index (χ1) is 21.6. The number of ether oxygens (including phenoxy) is 2. The number of nitrogens with one attached hydrogen (secondary N) is 2. The van der Waals surface area contributed by atoms with Crippen molar-refractivity contribution in [2.45, 2.75) is 127 Å². The van der Waals surface area contributed by atoms with E-state index in [1.54, 1.807) is 26.1 Å². The van der Waals surface area contributed by atoms with Gasteiger partial charge in [0.25, 0.3) is 0 Å². The fraction of sp³-hybridized carbons (Fsp3) is 0.576. The van der Waals surface area contributed by atoms with Gasteiger partial charge in [0.15, 0.2) is 15.7 Å². The number of carbonyl (C=O) groups is 2. The van der Waals surface area contributed by atoms with Gasteiger partial charge in [-0.2, -0.15) is 4.68 Å². The highest BCUT2D eigenvalue weighted by atomic mass is 32.2. The molecule has 0 radical (unpaired) electrons. The topological polar surface area (TPSA) is 142 Å². The van der Waals surface area contributed by atoms with Crippen LogP contribution in [-0.2, 0) is 19.3 Å². The number of thiazole rings is 1. The van der Waals surface area contributed by atoms with Gasteiger partial charge in [-0.25, -0.2) is 23.0 Å². The standard InChI is InChI=1S/C33H45N5O6S2/c1-19(2)43-31(39)36-23-12-10-22(11-13-23)30-34-18-27(45-30)25-15-14-24(16-28(25)46(41,42)20(3)4)35-29-17-26(21-8-9-21)38(37-29)32(40)44-33(5,6)7/h14-23H,8-13H2,1-7H3,(H,35,37)(H,36,39). The third-order valence-corrected chi connectivity index (χ3v) is 11.4. The Morgan fingerprint density at radius 3 is 2.28 bits per heavy atom. The molecule has 11 nitrogen and oxygen atoms in total. The van der Waals surface area contributed by atoms with E-state index in [4.69, 9.17) is 14.5 Å². The highest BCUT2D eigenvalue weighted by molar-refractivity contribution is 7.92. The second kappa shape index (κ2) is 13.3. The molecule has 46 heavy (non-hydrogen) atoms. The van der Waals surface area contributed by atoms with Gasteiger partial charge < -0.3 is 20.1 Å². The van der Waals surface area contributed by atoms with Gasteiger partial charge in [-0.05, 0) is 99.1 Å². The summed E-state index contributed by atoms with van der Waals surface area (Å²) in [4.78, 5) is 30.6. The van der Waals surface area contributed by atoms with Crippen LogP contribution < -0.4 is 10.6 Å². The maximum absolute atomic E-state index is 13.6. The smallest absolute Gasteiger partial charge is 0.435 e. The molecule has 1 amide bonds. The maximum atomic E-state index is 13.6. The average molecular weight is 672 g/mol. The highest BCUT2D eigenvalue weighted by Gasteiger charge is 2.33. The molecule has 5 rings (SSSR count). The van der Waals surface area contributed by atoms with Gasteiger partial charge in [0, 0.05) is 41.4 Å². The zero-order valence-corrected chi connectivity index (χ0v) is 29.3. The molecule has 0 aliphatic heterocycles. The second-order valence-corrected chi connectivity index (χ2v) is 17.3. The van der Waals surface area contributed by atoms with Gasteiger partial charge in [-0.3, -0.25) is 0 Å². The van der Waals surface area contributed by atoms with Gasteiger partial charge in [0.05, 0.1) is 31.8 Å². The van der Waals surface area contributed by atoms with Crippen molar-refractivity contribution in [2.75, 3.05) is 5.32 Å². The second-order valence-electron chi connectivity index (χ2n) is 13.8. The summed E-state index contributed by atoms with van der Waals surface area (Å²) in [5.74, 6) is 0.920. The molecule has 2 saturated carbocycles. The normalized spacial score (nSPS) is 18.9. The fourth-order valence-electron chi connectivity index (χ4n) is 5.52. The van der Waals surface area contributed by atoms with Crippen LogP contribution in [0.15, 0.2) is 35.4 Å². The molecule has 2 fully saturated rings. The summed E-state index contributed by atoms with van der Waals surface area (Å²) in [6.07, 6.45) is 6.02. The number of amides is 1. The lowest BCUT2D eigenvalue weighted by Crippen LogP contribution is -2.38. The molecule has 13 heteroatoms. The third-order valence-electron chi connectivity index (χ3n) is 8.01. The van der Waals surface area contributed by atoms with E-state index in [1.807, 2.05) is 52.8 Å². The predicted octanol–water partition coefficient (Wildman–Crippen LogP) is 7.75. The van der Waals surface area contributed by atoms with Gasteiger partial charge in [0.2, 0.25) is 0 Å². The first kappa shape index (κ1) is 33.9. The molecule has 1 aromatic carbocycles. The van der Waals surface area contributed by atoms with Crippen LogP contribution in [0.25, 0.3) is 10.4 Å². The SMILES string of the molecule is CC(C)OC(=O)NC1CCC(c2ncc(-c3ccc(Nc4cc(C5CC5)n(C(=O)OC(C)(C)C)n4)cc3S(=O)(=O)C(C)C)s2)CC1. The van der Waals surface area contributed by atoms with E-state index in [9.17, 15) is 18.0 Å². The van der Waals surface area contributed by atoms with E-state index in [-0.39, 0.29) is 35.0 Å². The van der Waals surface area contributed by atoms with E-state index < -0.39 is 26.8 Å². The Labute approximate surface area is 275 Å². The zero-order chi connectivity index (χ0) is 33.4. The number of anilines is 2. The van der Waals surface area contributed by atoms with E-state index in [0.717, 1.165) is 54.1 Å². The molecule has 0 bridgehead atoms. The first-order valence-corrected chi connectivity index (χ1v) is 18.4. The number of hydrogen-bond acceptors (Lipinski definition) is 10. The zero-order valence-electron chi connectivity index (χ0n) is 27.6. The molecule has 0 saturated heterocycles. The quantitative estimate of drug-likeness (QED) is 0.233. The molecule has 2 heterocycles. The molecule has 0 spiro atoms. The van der Waals surface area contributed by atoms with Crippen molar-refractivity contribution in [1.29, 1.82) is 0 Å². The summed E-state index contributed by atoms with van der Waals surface area (Å²) in [5, 5.41) is 11.0. The van der Waals surface area contributed by atoms with Crippen molar-refractivity contribution < 1.29 is 27.5 Å². The van der Waals surface area contributed by atoms with Crippen LogP contribution >= 0.6 is 11.3 Å². The van der Waals surface area contributed by atoms with Gasteiger partial charge in [-0.15, -0.1) is 16.4 Å².